The van der Waals surface area contributed by atoms with Crippen molar-refractivity contribution in [2.45, 2.75) is 25.7 Å². The van der Waals surface area contributed by atoms with Gasteiger partial charge in [-0.2, -0.15) is 0 Å². The summed E-state index contributed by atoms with van der Waals surface area (Å²) in [6.45, 7) is 0.421. The highest BCUT2D eigenvalue weighted by Gasteiger charge is 2.11. The van der Waals surface area contributed by atoms with Gasteiger partial charge in [-0.1, -0.05) is 12.8 Å². The van der Waals surface area contributed by atoms with Crippen molar-refractivity contribution in [2.75, 3.05) is 12.5 Å². The van der Waals surface area contributed by atoms with Crippen LogP contribution in [-0.2, 0) is 0 Å². The van der Waals surface area contributed by atoms with Crippen LogP contribution in [0.15, 0.2) is 18.2 Å². The molecule has 1 rings (SSSR count). The van der Waals surface area contributed by atoms with E-state index in [0.29, 0.717) is 12.5 Å². The second kappa shape index (κ2) is 8.43. The third-order valence-corrected chi connectivity index (χ3v) is 2.96. The molecule has 0 radical (unpaired) electrons. The van der Waals surface area contributed by atoms with E-state index in [0.717, 1.165) is 31.7 Å². The number of carboxylic acid groups (broad SMARTS) is 2. The molecular weight excluding hydrogens is 284 g/mol. The van der Waals surface area contributed by atoms with Gasteiger partial charge in [0.15, 0.2) is 0 Å². The van der Waals surface area contributed by atoms with Crippen molar-refractivity contribution in [3.8, 4) is 5.75 Å². The highest BCUT2D eigenvalue weighted by molar-refractivity contribution is 6.17. The molecule has 0 spiro atoms. The summed E-state index contributed by atoms with van der Waals surface area (Å²) in [5.74, 6) is -1.46. The van der Waals surface area contributed by atoms with Gasteiger partial charge >= 0.3 is 11.9 Å². The Balaban J connectivity index is 2.60. The Hall–Kier alpha value is -1.75. The van der Waals surface area contributed by atoms with Crippen molar-refractivity contribution in [3.63, 3.8) is 0 Å². The Labute approximate surface area is 122 Å². The van der Waals surface area contributed by atoms with Crippen LogP contribution in [0.5, 0.6) is 5.75 Å². The fraction of sp³-hybridized carbons (Fsp3) is 0.429. The molecule has 0 aliphatic rings. The van der Waals surface area contributed by atoms with Gasteiger partial charge in [0.25, 0.3) is 0 Å². The summed E-state index contributed by atoms with van der Waals surface area (Å²) in [5.41, 5.74) is -0.191. The van der Waals surface area contributed by atoms with Crippen LogP contribution >= 0.6 is 11.6 Å². The molecule has 0 amide bonds. The molecule has 1 aromatic carbocycles. The first-order chi connectivity index (χ1) is 9.54. The SMILES string of the molecule is O=C(O)c1cc(OCCCCCCCl)cc(C(=O)O)c1. The number of aromatic carboxylic acids is 2. The first-order valence-electron chi connectivity index (χ1n) is 6.35. The summed E-state index contributed by atoms with van der Waals surface area (Å²) < 4.78 is 5.41. The summed E-state index contributed by atoms with van der Waals surface area (Å²) in [4.78, 5) is 21.8. The van der Waals surface area contributed by atoms with Crippen molar-refractivity contribution < 1.29 is 24.5 Å². The van der Waals surface area contributed by atoms with Crippen LogP contribution in [0.1, 0.15) is 46.4 Å². The summed E-state index contributed by atoms with van der Waals surface area (Å²) in [5, 5.41) is 17.8. The van der Waals surface area contributed by atoms with Gasteiger partial charge in [-0.15, -0.1) is 11.6 Å². The fourth-order valence-electron chi connectivity index (χ4n) is 1.67. The number of hydrogen-bond donors (Lipinski definition) is 2. The lowest BCUT2D eigenvalue weighted by molar-refractivity contribution is 0.0696. The molecule has 1 aromatic rings. The van der Waals surface area contributed by atoms with Crippen LogP contribution in [-0.4, -0.2) is 34.6 Å². The Bertz CT molecular complexity index is 440. The Morgan fingerprint density at radius 1 is 0.950 bits per heavy atom. The molecule has 0 aliphatic heterocycles. The van der Waals surface area contributed by atoms with E-state index < -0.39 is 11.9 Å². The lowest BCUT2D eigenvalue weighted by Crippen LogP contribution is -2.05. The molecule has 20 heavy (non-hydrogen) atoms. The molecule has 0 saturated carbocycles. The number of unbranched alkanes of at least 4 members (excludes halogenated alkanes) is 3. The molecule has 0 unspecified atom stereocenters. The normalized spacial score (nSPS) is 10.2. The summed E-state index contributed by atoms with van der Waals surface area (Å²) >= 11 is 5.56. The van der Waals surface area contributed by atoms with Crippen LogP contribution < -0.4 is 4.74 Å². The van der Waals surface area contributed by atoms with Gasteiger partial charge in [0.1, 0.15) is 5.75 Å². The highest BCUT2D eigenvalue weighted by Crippen LogP contribution is 2.18. The molecule has 110 valence electrons. The topological polar surface area (TPSA) is 83.8 Å². The van der Waals surface area contributed by atoms with E-state index in [4.69, 9.17) is 26.6 Å². The lowest BCUT2D eigenvalue weighted by Gasteiger charge is -2.08. The maximum atomic E-state index is 10.9. The lowest BCUT2D eigenvalue weighted by atomic mass is 10.1. The molecule has 5 nitrogen and oxygen atoms in total. The van der Waals surface area contributed by atoms with Gasteiger partial charge in [0, 0.05) is 5.88 Å². The summed E-state index contributed by atoms with van der Waals surface area (Å²) in [6.07, 6.45) is 3.76. The molecule has 0 aliphatic carbocycles. The highest BCUT2D eigenvalue weighted by atomic mass is 35.5. The number of alkyl halides is 1. The molecule has 0 atom stereocenters. The van der Waals surface area contributed by atoms with Gasteiger partial charge in [-0.3, -0.25) is 0 Å². The molecule has 0 bridgehead atoms. The number of carboxylic acids is 2. The number of halogens is 1. The molecule has 2 N–H and O–H groups in total. The van der Waals surface area contributed by atoms with Gasteiger partial charge in [0.05, 0.1) is 17.7 Å². The molecule has 0 fully saturated rings. The van der Waals surface area contributed by atoms with E-state index in [2.05, 4.69) is 0 Å². The van der Waals surface area contributed by atoms with Crippen molar-refractivity contribution >= 4 is 23.5 Å². The zero-order valence-corrected chi connectivity index (χ0v) is 11.7. The zero-order chi connectivity index (χ0) is 15.0. The monoisotopic (exact) mass is 300 g/mol. The van der Waals surface area contributed by atoms with Gasteiger partial charge < -0.3 is 14.9 Å². The fourth-order valence-corrected chi connectivity index (χ4v) is 1.86. The number of hydrogen-bond acceptors (Lipinski definition) is 3. The standard InChI is InChI=1S/C14H17ClO5/c15-5-3-1-2-4-6-20-12-8-10(13(16)17)7-11(9-12)14(18)19/h7-9H,1-6H2,(H,16,17)(H,18,19). The zero-order valence-electron chi connectivity index (χ0n) is 11.0. The van der Waals surface area contributed by atoms with E-state index in [1.165, 1.54) is 12.1 Å². The van der Waals surface area contributed by atoms with Crippen molar-refractivity contribution in [1.82, 2.24) is 0 Å². The quantitative estimate of drug-likeness (QED) is 0.540. The van der Waals surface area contributed by atoms with Gasteiger partial charge in [-0.05, 0) is 31.0 Å². The minimum atomic E-state index is -1.18. The number of ether oxygens (including phenoxy) is 1. The third kappa shape index (κ3) is 5.48. The van der Waals surface area contributed by atoms with E-state index >= 15 is 0 Å². The molecular formula is C14H17ClO5. The van der Waals surface area contributed by atoms with E-state index in [9.17, 15) is 9.59 Å². The Morgan fingerprint density at radius 2 is 1.50 bits per heavy atom. The predicted molar refractivity (Wildman–Crippen MR) is 75.0 cm³/mol. The Kier molecular flexibility index (Phi) is 6.87. The summed E-state index contributed by atoms with van der Waals surface area (Å²) in [6, 6.07) is 3.76. The van der Waals surface area contributed by atoms with Gasteiger partial charge in [0.2, 0.25) is 0 Å². The molecule has 0 saturated heterocycles. The average Bonchev–Trinajstić information content (AvgIpc) is 2.42. The number of rotatable bonds is 9. The summed E-state index contributed by atoms with van der Waals surface area (Å²) in [7, 11) is 0. The van der Waals surface area contributed by atoms with Crippen LogP contribution in [0.3, 0.4) is 0 Å². The second-order valence-electron chi connectivity index (χ2n) is 4.31. The third-order valence-electron chi connectivity index (χ3n) is 2.70. The number of benzene rings is 1. The minimum absolute atomic E-state index is 0.0953. The molecule has 0 heterocycles. The maximum absolute atomic E-state index is 10.9. The molecule has 0 aromatic heterocycles. The first kappa shape index (κ1) is 16.3. The smallest absolute Gasteiger partial charge is 0.335 e. The molecule has 6 heteroatoms. The van der Waals surface area contributed by atoms with Crippen LogP contribution in [0, 0.1) is 0 Å². The van der Waals surface area contributed by atoms with Gasteiger partial charge in [-0.25, -0.2) is 9.59 Å². The number of carbonyl (C=O) groups is 2. The van der Waals surface area contributed by atoms with Crippen molar-refractivity contribution in [2.24, 2.45) is 0 Å². The van der Waals surface area contributed by atoms with Crippen LogP contribution in [0.25, 0.3) is 0 Å². The van der Waals surface area contributed by atoms with Crippen LogP contribution in [0.4, 0.5) is 0 Å². The maximum Gasteiger partial charge on any atom is 0.335 e. The largest absolute Gasteiger partial charge is 0.494 e. The minimum Gasteiger partial charge on any atom is -0.494 e. The van der Waals surface area contributed by atoms with Crippen LogP contribution in [0.2, 0.25) is 0 Å². The van der Waals surface area contributed by atoms with Crippen molar-refractivity contribution in [3.05, 3.63) is 29.3 Å². The average molecular weight is 301 g/mol. The van der Waals surface area contributed by atoms with Crippen molar-refractivity contribution in [1.29, 1.82) is 0 Å². The second-order valence-corrected chi connectivity index (χ2v) is 4.69. The van der Waals surface area contributed by atoms with E-state index in [1.54, 1.807) is 0 Å². The van der Waals surface area contributed by atoms with E-state index in [1.807, 2.05) is 0 Å². The Morgan fingerprint density at radius 3 is 2.00 bits per heavy atom. The predicted octanol–water partition coefficient (Wildman–Crippen LogP) is 3.26. The first-order valence-corrected chi connectivity index (χ1v) is 6.88. The van der Waals surface area contributed by atoms with E-state index in [-0.39, 0.29) is 16.9 Å².